The summed E-state index contributed by atoms with van der Waals surface area (Å²) in [7, 11) is 0. The van der Waals surface area contributed by atoms with Crippen LogP contribution in [0.5, 0.6) is 0 Å². The first-order valence-electron chi connectivity index (χ1n) is 6.31. The molecule has 0 bridgehead atoms. The Kier molecular flexibility index (Phi) is 1.92. The summed E-state index contributed by atoms with van der Waals surface area (Å²) in [5.41, 5.74) is 3.03. The first-order chi connectivity index (χ1) is 8.83. The molecule has 0 N–H and O–H groups in total. The Morgan fingerprint density at radius 3 is 2.83 bits per heavy atom. The number of hydrogen-bond acceptors (Lipinski definition) is 2. The summed E-state index contributed by atoms with van der Waals surface area (Å²) in [6.45, 7) is 0.757. The molecule has 1 saturated carbocycles. The molecule has 1 aromatic carbocycles. The average molecular weight is 239 g/mol. The first kappa shape index (κ1) is 9.95. The van der Waals surface area contributed by atoms with Crippen LogP contribution in [0.4, 0.5) is 0 Å². The highest BCUT2D eigenvalue weighted by molar-refractivity contribution is 5.99. The van der Waals surface area contributed by atoms with Crippen LogP contribution in [0.3, 0.4) is 0 Å². The van der Waals surface area contributed by atoms with E-state index < -0.39 is 0 Å². The quantitative estimate of drug-likeness (QED) is 0.807. The number of amides is 1. The van der Waals surface area contributed by atoms with Gasteiger partial charge in [0, 0.05) is 23.7 Å². The number of furan rings is 1. The van der Waals surface area contributed by atoms with Gasteiger partial charge < -0.3 is 9.32 Å². The number of carbonyl (C=O) groups is 1. The number of nitrogens with zero attached hydrogens (tertiary/aromatic N) is 1. The van der Waals surface area contributed by atoms with E-state index in [0.29, 0.717) is 6.04 Å². The average Bonchev–Trinajstić information content (AvgIpc) is 2.98. The zero-order valence-corrected chi connectivity index (χ0v) is 9.93. The second kappa shape index (κ2) is 3.48. The van der Waals surface area contributed by atoms with Gasteiger partial charge in [0.2, 0.25) is 0 Å². The Morgan fingerprint density at radius 2 is 2.11 bits per heavy atom. The number of benzene rings is 1. The van der Waals surface area contributed by atoms with Crippen molar-refractivity contribution in [3.63, 3.8) is 0 Å². The van der Waals surface area contributed by atoms with Crippen molar-refractivity contribution >= 4 is 5.91 Å². The molecule has 0 radical (unpaired) electrons. The van der Waals surface area contributed by atoms with E-state index in [-0.39, 0.29) is 5.91 Å². The van der Waals surface area contributed by atoms with Gasteiger partial charge in [0.05, 0.1) is 6.26 Å². The fraction of sp³-hybridized carbons (Fsp3) is 0.267. The van der Waals surface area contributed by atoms with Gasteiger partial charge in [-0.3, -0.25) is 4.79 Å². The molecule has 0 spiro atoms. The fourth-order valence-electron chi connectivity index (χ4n) is 2.62. The van der Waals surface area contributed by atoms with E-state index in [1.54, 1.807) is 6.26 Å². The van der Waals surface area contributed by atoms with E-state index in [9.17, 15) is 4.79 Å². The topological polar surface area (TPSA) is 33.5 Å². The minimum Gasteiger partial charge on any atom is -0.464 e. The van der Waals surface area contributed by atoms with E-state index in [1.165, 1.54) is 0 Å². The highest BCUT2D eigenvalue weighted by atomic mass is 16.3. The van der Waals surface area contributed by atoms with E-state index >= 15 is 0 Å². The molecule has 2 heterocycles. The normalized spacial score (nSPS) is 18.2. The Hall–Kier alpha value is -2.03. The van der Waals surface area contributed by atoms with Gasteiger partial charge in [-0.25, -0.2) is 0 Å². The summed E-state index contributed by atoms with van der Waals surface area (Å²) in [4.78, 5) is 14.2. The highest BCUT2D eigenvalue weighted by Crippen LogP contribution is 2.36. The predicted molar refractivity (Wildman–Crippen MR) is 67.0 cm³/mol. The second-order valence-corrected chi connectivity index (χ2v) is 5.01. The molecule has 90 valence electrons. The zero-order chi connectivity index (χ0) is 12.1. The summed E-state index contributed by atoms with van der Waals surface area (Å²) < 4.78 is 5.39. The lowest BCUT2D eigenvalue weighted by Gasteiger charge is -2.13. The van der Waals surface area contributed by atoms with Gasteiger partial charge in [-0.15, -0.1) is 0 Å². The summed E-state index contributed by atoms with van der Waals surface area (Å²) >= 11 is 0. The molecule has 2 aliphatic rings. The largest absolute Gasteiger partial charge is 0.464 e. The molecule has 0 unspecified atom stereocenters. The lowest BCUT2D eigenvalue weighted by atomic mass is 10.0. The smallest absolute Gasteiger partial charge is 0.254 e. The molecule has 4 rings (SSSR count). The van der Waals surface area contributed by atoms with Crippen molar-refractivity contribution in [3.05, 3.63) is 47.7 Å². The monoisotopic (exact) mass is 239 g/mol. The molecule has 1 aliphatic heterocycles. The van der Waals surface area contributed by atoms with Crippen molar-refractivity contribution in [2.24, 2.45) is 0 Å². The molecule has 0 atom stereocenters. The molecule has 1 fully saturated rings. The number of rotatable bonds is 2. The van der Waals surface area contributed by atoms with Crippen molar-refractivity contribution in [2.45, 2.75) is 25.4 Å². The zero-order valence-electron chi connectivity index (χ0n) is 9.93. The van der Waals surface area contributed by atoms with Crippen LogP contribution in [0.15, 0.2) is 41.0 Å². The Labute approximate surface area is 105 Å². The van der Waals surface area contributed by atoms with Crippen LogP contribution in [0.2, 0.25) is 0 Å². The molecule has 1 aromatic heterocycles. The highest BCUT2D eigenvalue weighted by Gasteiger charge is 2.38. The first-order valence-corrected chi connectivity index (χ1v) is 6.31. The lowest BCUT2D eigenvalue weighted by Crippen LogP contribution is -2.25. The third-order valence-corrected chi connectivity index (χ3v) is 3.73. The maximum atomic E-state index is 12.2. The van der Waals surface area contributed by atoms with Crippen LogP contribution >= 0.6 is 0 Å². The van der Waals surface area contributed by atoms with Crippen LogP contribution in [-0.4, -0.2) is 16.8 Å². The standard InChI is InChI=1S/C15H13NO2/c17-15-13-6-3-10(14-2-1-7-18-14)8-11(13)9-16(15)12-4-5-12/h1-3,6-8,12H,4-5,9H2. The summed E-state index contributed by atoms with van der Waals surface area (Å²) in [5, 5.41) is 0. The second-order valence-electron chi connectivity index (χ2n) is 5.01. The molecular formula is C15H13NO2. The fourth-order valence-corrected chi connectivity index (χ4v) is 2.62. The van der Waals surface area contributed by atoms with Gasteiger partial charge in [-0.1, -0.05) is 6.07 Å². The van der Waals surface area contributed by atoms with Crippen LogP contribution in [-0.2, 0) is 6.54 Å². The molecule has 1 aliphatic carbocycles. The maximum Gasteiger partial charge on any atom is 0.254 e. The van der Waals surface area contributed by atoms with Gasteiger partial charge in [0.1, 0.15) is 5.76 Å². The summed E-state index contributed by atoms with van der Waals surface area (Å²) in [5.74, 6) is 1.05. The number of fused-ring (bicyclic) bond motifs is 1. The minimum absolute atomic E-state index is 0.193. The van der Waals surface area contributed by atoms with Crippen molar-refractivity contribution in [1.29, 1.82) is 0 Å². The summed E-state index contributed by atoms with van der Waals surface area (Å²) in [6, 6.07) is 10.3. The van der Waals surface area contributed by atoms with Gasteiger partial charge in [-0.05, 0) is 42.7 Å². The van der Waals surface area contributed by atoms with Crippen LogP contribution in [0, 0.1) is 0 Å². The van der Waals surface area contributed by atoms with Crippen molar-refractivity contribution in [1.82, 2.24) is 4.90 Å². The van der Waals surface area contributed by atoms with Crippen LogP contribution in [0.25, 0.3) is 11.3 Å². The Bertz CT molecular complexity index is 611. The Morgan fingerprint density at radius 1 is 1.22 bits per heavy atom. The third-order valence-electron chi connectivity index (χ3n) is 3.73. The third kappa shape index (κ3) is 1.40. The summed E-state index contributed by atoms with van der Waals surface area (Å²) in [6.07, 6.45) is 3.99. The number of carbonyl (C=O) groups excluding carboxylic acids is 1. The molecular weight excluding hydrogens is 226 g/mol. The molecule has 3 nitrogen and oxygen atoms in total. The molecule has 18 heavy (non-hydrogen) atoms. The van der Waals surface area contributed by atoms with Crippen LogP contribution < -0.4 is 0 Å². The van der Waals surface area contributed by atoms with E-state index in [1.807, 2.05) is 29.2 Å². The Balaban J connectivity index is 1.74. The number of hydrogen-bond donors (Lipinski definition) is 0. The van der Waals surface area contributed by atoms with Gasteiger partial charge in [0.15, 0.2) is 0 Å². The van der Waals surface area contributed by atoms with Gasteiger partial charge in [-0.2, -0.15) is 0 Å². The van der Waals surface area contributed by atoms with Crippen molar-refractivity contribution in [3.8, 4) is 11.3 Å². The van der Waals surface area contributed by atoms with Crippen molar-refractivity contribution in [2.75, 3.05) is 0 Å². The predicted octanol–water partition coefficient (Wildman–Crippen LogP) is 3.06. The van der Waals surface area contributed by atoms with Gasteiger partial charge in [0.25, 0.3) is 5.91 Å². The minimum atomic E-state index is 0.193. The maximum absolute atomic E-state index is 12.2. The van der Waals surface area contributed by atoms with Gasteiger partial charge >= 0.3 is 0 Å². The van der Waals surface area contributed by atoms with E-state index in [2.05, 4.69) is 6.07 Å². The van der Waals surface area contributed by atoms with E-state index in [0.717, 1.165) is 41.8 Å². The SMILES string of the molecule is O=C1c2ccc(-c3ccco3)cc2CN1C1CC1. The molecule has 2 aromatic rings. The molecule has 1 amide bonds. The van der Waals surface area contributed by atoms with E-state index in [4.69, 9.17) is 4.42 Å². The lowest BCUT2D eigenvalue weighted by molar-refractivity contribution is 0.0766. The van der Waals surface area contributed by atoms with Crippen LogP contribution in [0.1, 0.15) is 28.8 Å². The molecule has 3 heteroatoms. The molecule has 0 saturated heterocycles. The van der Waals surface area contributed by atoms with Crippen molar-refractivity contribution < 1.29 is 9.21 Å².